The van der Waals surface area contributed by atoms with Crippen molar-refractivity contribution in [2.24, 2.45) is 0 Å². The van der Waals surface area contributed by atoms with Crippen LogP contribution in [0.1, 0.15) is 46.3 Å². The number of rotatable bonds is 3. The van der Waals surface area contributed by atoms with Gasteiger partial charge in [0.2, 0.25) is 10.0 Å². The van der Waals surface area contributed by atoms with Crippen LogP contribution >= 0.6 is 0 Å². The second-order valence-corrected chi connectivity index (χ2v) is 9.67. The molecular weight excluding hydrogens is 372 g/mol. The molecule has 1 fully saturated rings. The fourth-order valence-corrected chi connectivity index (χ4v) is 5.79. The van der Waals surface area contributed by atoms with Gasteiger partial charge in [-0.15, -0.1) is 0 Å². The third kappa shape index (κ3) is 3.25. The number of anilines is 1. The molecule has 1 amide bonds. The van der Waals surface area contributed by atoms with Gasteiger partial charge in [-0.25, -0.2) is 8.42 Å². The standard InChI is InChI=1S/C22H26N2O3S/c1-16-9-10-19(28(26,27)23-12-4-3-5-13-23)15-20(16)22(25)24-14-11-18-8-6-7-17(2)21(18)24/h6-10,15H,3-5,11-14H2,1-2H3. The Morgan fingerprint density at radius 3 is 2.43 bits per heavy atom. The highest BCUT2D eigenvalue weighted by molar-refractivity contribution is 7.89. The molecule has 28 heavy (non-hydrogen) atoms. The van der Waals surface area contributed by atoms with Gasteiger partial charge in [-0.1, -0.05) is 30.7 Å². The number of hydrogen-bond acceptors (Lipinski definition) is 3. The summed E-state index contributed by atoms with van der Waals surface area (Å²) in [7, 11) is -3.56. The van der Waals surface area contributed by atoms with E-state index in [-0.39, 0.29) is 10.8 Å². The maximum Gasteiger partial charge on any atom is 0.258 e. The highest BCUT2D eigenvalue weighted by Crippen LogP contribution is 2.33. The second-order valence-electron chi connectivity index (χ2n) is 7.73. The van der Waals surface area contributed by atoms with Crippen molar-refractivity contribution >= 4 is 21.6 Å². The summed E-state index contributed by atoms with van der Waals surface area (Å²) in [4.78, 5) is 15.4. The van der Waals surface area contributed by atoms with E-state index >= 15 is 0 Å². The molecule has 2 heterocycles. The van der Waals surface area contributed by atoms with Gasteiger partial charge in [0, 0.05) is 25.2 Å². The van der Waals surface area contributed by atoms with E-state index in [9.17, 15) is 13.2 Å². The topological polar surface area (TPSA) is 57.7 Å². The second kappa shape index (κ2) is 7.33. The Hall–Kier alpha value is -2.18. The highest BCUT2D eigenvalue weighted by Gasteiger charge is 2.30. The number of hydrogen-bond donors (Lipinski definition) is 0. The van der Waals surface area contributed by atoms with Gasteiger partial charge in [0.1, 0.15) is 0 Å². The summed E-state index contributed by atoms with van der Waals surface area (Å²) < 4.78 is 27.6. The van der Waals surface area contributed by atoms with Crippen LogP contribution in [0.5, 0.6) is 0 Å². The van der Waals surface area contributed by atoms with Gasteiger partial charge in [0.05, 0.1) is 10.6 Å². The number of benzene rings is 2. The lowest BCUT2D eigenvalue weighted by atomic mass is 10.1. The van der Waals surface area contributed by atoms with Gasteiger partial charge in [-0.2, -0.15) is 4.31 Å². The Bertz CT molecular complexity index is 1020. The normalized spacial score (nSPS) is 17.6. The zero-order chi connectivity index (χ0) is 19.9. The molecule has 4 rings (SSSR count). The number of fused-ring (bicyclic) bond motifs is 1. The van der Waals surface area contributed by atoms with E-state index in [1.165, 1.54) is 5.56 Å². The molecular formula is C22H26N2O3S. The van der Waals surface area contributed by atoms with E-state index in [1.807, 2.05) is 26.0 Å². The van der Waals surface area contributed by atoms with Gasteiger partial charge in [-0.05, 0) is 61.9 Å². The highest BCUT2D eigenvalue weighted by atomic mass is 32.2. The number of carbonyl (C=O) groups is 1. The smallest absolute Gasteiger partial charge is 0.258 e. The Balaban J connectivity index is 1.70. The lowest BCUT2D eigenvalue weighted by Gasteiger charge is -2.26. The summed E-state index contributed by atoms with van der Waals surface area (Å²) in [6, 6.07) is 11.0. The molecule has 6 heteroatoms. The first-order chi connectivity index (χ1) is 13.4. The molecule has 0 atom stereocenters. The van der Waals surface area contributed by atoms with Crippen LogP contribution in [0.3, 0.4) is 0 Å². The first-order valence-corrected chi connectivity index (χ1v) is 11.3. The summed E-state index contributed by atoms with van der Waals surface area (Å²) in [5.74, 6) is -0.124. The van der Waals surface area contributed by atoms with Crippen molar-refractivity contribution in [2.75, 3.05) is 24.5 Å². The minimum absolute atomic E-state index is 0.124. The first kappa shape index (κ1) is 19.2. The number of carbonyl (C=O) groups excluding carboxylic acids is 1. The number of sulfonamides is 1. The van der Waals surface area contributed by atoms with Crippen LogP contribution in [0.2, 0.25) is 0 Å². The average molecular weight is 399 g/mol. The van der Waals surface area contributed by atoms with Crippen LogP contribution in [0.25, 0.3) is 0 Å². The Kier molecular flexibility index (Phi) is 5.02. The zero-order valence-corrected chi connectivity index (χ0v) is 17.3. The largest absolute Gasteiger partial charge is 0.307 e. The van der Waals surface area contributed by atoms with Gasteiger partial charge in [-0.3, -0.25) is 4.79 Å². The summed E-state index contributed by atoms with van der Waals surface area (Å²) in [6.07, 6.45) is 3.67. The van der Waals surface area contributed by atoms with Crippen LogP contribution in [0.15, 0.2) is 41.3 Å². The Morgan fingerprint density at radius 1 is 0.929 bits per heavy atom. The number of piperidine rings is 1. The predicted octanol–water partition coefficient (Wildman–Crippen LogP) is 3.68. The van der Waals surface area contributed by atoms with Crippen LogP contribution in [0, 0.1) is 13.8 Å². The quantitative estimate of drug-likeness (QED) is 0.792. The minimum atomic E-state index is -3.56. The van der Waals surface area contributed by atoms with E-state index in [0.29, 0.717) is 25.2 Å². The number of para-hydroxylation sites is 1. The first-order valence-electron chi connectivity index (χ1n) is 9.91. The number of nitrogens with zero attached hydrogens (tertiary/aromatic N) is 2. The van der Waals surface area contributed by atoms with Crippen molar-refractivity contribution < 1.29 is 13.2 Å². The van der Waals surface area contributed by atoms with Gasteiger partial charge >= 0.3 is 0 Å². The molecule has 5 nitrogen and oxygen atoms in total. The fraction of sp³-hybridized carbons (Fsp3) is 0.409. The molecule has 0 N–H and O–H groups in total. The molecule has 0 saturated carbocycles. The summed E-state index contributed by atoms with van der Waals surface area (Å²) in [6.45, 7) is 5.60. The molecule has 0 unspecified atom stereocenters. The Labute approximate surface area is 167 Å². The van der Waals surface area contributed by atoms with Crippen molar-refractivity contribution in [3.05, 3.63) is 58.7 Å². The third-order valence-electron chi connectivity index (χ3n) is 5.83. The lowest BCUT2D eigenvalue weighted by molar-refractivity contribution is 0.0988. The summed E-state index contributed by atoms with van der Waals surface area (Å²) in [5.41, 5.74) is 4.47. The van der Waals surface area contributed by atoms with Crippen molar-refractivity contribution in [2.45, 2.75) is 44.4 Å². The zero-order valence-electron chi connectivity index (χ0n) is 16.4. The van der Waals surface area contributed by atoms with E-state index in [0.717, 1.165) is 42.5 Å². The van der Waals surface area contributed by atoms with Crippen LogP contribution in [-0.4, -0.2) is 38.3 Å². The van der Waals surface area contributed by atoms with E-state index in [1.54, 1.807) is 27.4 Å². The maximum atomic E-state index is 13.4. The summed E-state index contributed by atoms with van der Waals surface area (Å²) in [5, 5.41) is 0. The Morgan fingerprint density at radius 2 is 1.68 bits per heavy atom. The van der Waals surface area contributed by atoms with Crippen LogP contribution < -0.4 is 4.90 Å². The lowest BCUT2D eigenvalue weighted by Crippen LogP contribution is -2.36. The molecule has 2 aromatic rings. The van der Waals surface area contributed by atoms with E-state index in [4.69, 9.17) is 0 Å². The van der Waals surface area contributed by atoms with Crippen LogP contribution in [0.4, 0.5) is 5.69 Å². The molecule has 1 saturated heterocycles. The molecule has 0 aliphatic carbocycles. The molecule has 2 aromatic carbocycles. The minimum Gasteiger partial charge on any atom is -0.307 e. The fourth-order valence-electron chi connectivity index (χ4n) is 4.25. The van der Waals surface area contributed by atoms with E-state index in [2.05, 4.69) is 6.07 Å². The monoisotopic (exact) mass is 398 g/mol. The summed E-state index contributed by atoms with van der Waals surface area (Å²) >= 11 is 0. The van der Waals surface area contributed by atoms with Crippen molar-refractivity contribution in [3.8, 4) is 0 Å². The van der Waals surface area contributed by atoms with Gasteiger partial charge < -0.3 is 4.90 Å². The average Bonchev–Trinajstić information content (AvgIpc) is 3.14. The number of aryl methyl sites for hydroxylation is 2. The van der Waals surface area contributed by atoms with Crippen LogP contribution in [-0.2, 0) is 16.4 Å². The molecule has 0 radical (unpaired) electrons. The predicted molar refractivity (Wildman–Crippen MR) is 110 cm³/mol. The van der Waals surface area contributed by atoms with Gasteiger partial charge in [0.15, 0.2) is 0 Å². The van der Waals surface area contributed by atoms with Crippen molar-refractivity contribution in [1.82, 2.24) is 4.31 Å². The molecule has 0 bridgehead atoms. The SMILES string of the molecule is Cc1ccc(S(=O)(=O)N2CCCCC2)cc1C(=O)N1CCc2cccc(C)c21. The molecule has 2 aliphatic heterocycles. The third-order valence-corrected chi connectivity index (χ3v) is 7.73. The van der Waals surface area contributed by atoms with Gasteiger partial charge in [0.25, 0.3) is 5.91 Å². The molecule has 0 spiro atoms. The van der Waals surface area contributed by atoms with Crippen molar-refractivity contribution in [3.63, 3.8) is 0 Å². The molecule has 148 valence electrons. The molecule has 0 aromatic heterocycles. The maximum absolute atomic E-state index is 13.4. The molecule has 2 aliphatic rings. The van der Waals surface area contributed by atoms with E-state index < -0.39 is 10.0 Å². The van der Waals surface area contributed by atoms with Crippen molar-refractivity contribution in [1.29, 1.82) is 0 Å². The number of amides is 1.